The molecule has 3 rings (SSSR count). The van der Waals surface area contributed by atoms with Gasteiger partial charge in [0.1, 0.15) is 0 Å². The molecule has 0 radical (unpaired) electrons. The van der Waals surface area contributed by atoms with Gasteiger partial charge in [0.2, 0.25) is 0 Å². The second kappa shape index (κ2) is 3.27. The minimum atomic E-state index is 0.101. The third-order valence-electron chi connectivity index (χ3n) is 3.33. The fraction of sp³-hybridized carbons (Fsp3) is 0.455. The lowest BCUT2D eigenvalue weighted by Gasteiger charge is -2.20. The molecule has 1 N–H and O–H groups in total. The molecule has 0 aliphatic carbocycles. The Morgan fingerprint density at radius 2 is 2.20 bits per heavy atom. The van der Waals surface area contributed by atoms with Gasteiger partial charge in [0.05, 0.1) is 17.3 Å². The van der Waals surface area contributed by atoms with Crippen molar-refractivity contribution in [2.45, 2.75) is 11.8 Å². The minimum absolute atomic E-state index is 0.101. The number of anilines is 1. The van der Waals surface area contributed by atoms with Crippen LogP contribution in [-0.4, -0.2) is 19.8 Å². The molecule has 80 valence electrons. The molecule has 2 nitrogen and oxygen atoms in total. The van der Waals surface area contributed by atoms with Crippen LogP contribution in [0.25, 0.3) is 0 Å². The molecule has 1 unspecified atom stereocenters. The highest BCUT2D eigenvalue weighted by Gasteiger charge is 2.43. The first-order chi connectivity index (χ1) is 7.21. The number of rotatable bonds is 0. The van der Waals surface area contributed by atoms with Crippen molar-refractivity contribution < 1.29 is 4.74 Å². The Bertz CT molecular complexity index is 413. The van der Waals surface area contributed by atoms with Gasteiger partial charge < -0.3 is 10.1 Å². The third-order valence-corrected chi connectivity index (χ3v) is 3.85. The number of ether oxygens (including phenoxy) is 1. The highest BCUT2D eigenvalue weighted by molar-refractivity contribution is 6.36. The van der Waals surface area contributed by atoms with Gasteiger partial charge in [-0.1, -0.05) is 23.2 Å². The van der Waals surface area contributed by atoms with E-state index < -0.39 is 0 Å². The molecular formula is C11H11Cl2NO. The Morgan fingerprint density at radius 1 is 1.33 bits per heavy atom. The second-order valence-electron chi connectivity index (χ2n) is 4.25. The summed E-state index contributed by atoms with van der Waals surface area (Å²) in [7, 11) is 0. The van der Waals surface area contributed by atoms with Crippen LogP contribution < -0.4 is 5.32 Å². The SMILES string of the molecule is Clc1cc(Cl)c2c(c1)C1(CCOC1)CN2. The summed E-state index contributed by atoms with van der Waals surface area (Å²) in [5, 5.41) is 4.77. The number of benzene rings is 1. The summed E-state index contributed by atoms with van der Waals surface area (Å²) in [5.41, 5.74) is 2.35. The van der Waals surface area contributed by atoms with Gasteiger partial charge in [-0.2, -0.15) is 0 Å². The zero-order valence-corrected chi connectivity index (χ0v) is 9.66. The molecule has 2 heterocycles. The van der Waals surface area contributed by atoms with Crippen LogP contribution in [0.1, 0.15) is 12.0 Å². The standard InChI is InChI=1S/C11H11Cl2NO/c12-7-3-8-10(9(13)4-7)14-5-11(8)1-2-15-6-11/h3-4,14H,1-2,5-6H2. The predicted octanol–water partition coefficient (Wildman–Crippen LogP) is 3.08. The maximum Gasteiger partial charge on any atom is 0.0655 e. The van der Waals surface area contributed by atoms with Crippen LogP contribution in [0.5, 0.6) is 0 Å². The van der Waals surface area contributed by atoms with E-state index in [1.807, 2.05) is 6.07 Å². The van der Waals surface area contributed by atoms with Crippen LogP contribution in [0, 0.1) is 0 Å². The highest BCUT2D eigenvalue weighted by atomic mass is 35.5. The number of fused-ring (bicyclic) bond motifs is 2. The summed E-state index contributed by atoms with van der Waals surface area (Å²) in [5.74, 6) is 0. The second-order valence-corrected chi connectivity index (χ2v) is 5.09. The average molecular weight is 244 g/mol. The van der Waals surface area contributed by atoms with E-state index in [1.165, 1.54) is 5.56 Å². The molecule has 1 aromatic rings. The first kappa shape index (κ1) is 9.76. The summed E-state index contributed by atoms with van der Waals surface area (Å²) >= 11 is 12.2. The van der Waals surface area contributed by atoms with Crippen LogP contribution in [0.15, 0.2) is 12.1 Å². The first-order valence-corrected chi connectivity index (χ1v) is 5.78. The van der Waals surface area contributed by atoms with Crippen LogP contribution in [-0.2, 0) is 10.2 Å². The third kappa shape index (κ3) is 1.36. The van der Waals surface area contributed by atoms with Crippen molar-refractivity contribution in [1.29, 1.82) is 0 Å². The highest BCUT2D eigenvalue weighted by Crippen LogP contribution is 2.46. The van der Waals surface area contributed by atoms with E-state index in [2.05, 4.69) is 5.32 Å². The Labute approximate surface area is 98.5 Å². The molecule has 15 heavy (non-hydrogen) atoms. The summed E-state index contributed by atoms with van der Waals surface area (Å²) in [4.78, 5) is 0. The molecule has 2 aliphatic heterocycles. The molecule has 2 aliphatic rings. The Hall–Kier alpha value is -0.440. The van der Waals surface area contributed by atoms with Crippen LogP contribution in [0.3, 0.4) is 0 Å². The van der Waals surface area contributed by atoms with E-state index in [-0.39, 0.29) is 5.41 Å². The van der Waals surface area contributed by atoms with Gasteiger partial charge in [-0.05, 0) is 24.1 Å². The van der Waals surface area contributed by atoms with Crippen LogP contribution in [0.2, 0.25) is 10.0 Å². The van der Waals surface area contributed by atoms with Crippen LogP contribution >= 0.6 is 23.2 Å². The van der Waals surface area contributed by atoms with E-state index in [0.29, 0.717) is 10.0 Å². The summed E-state index contributed by atoms with van der Waals surface area (Å²) in [6.45, 7) is 2.50. The maximum atomic E-state index is 6.15. The molecule has 4 heteroatoms. The monoisotopic (exact) mass is 243 g/mol. The summed E-state index contributed by atoms with van der Waals surface area (Å²) < 4.78 is 5.49. The Balaban J connectivity index is 2.16. The zero-order chi connectivity index (χ0) is 10.5. The lowest BCUT2D eigenvalue weighted by atomic mass is 9.82. The van der Waals surface area contributed by atoms with Gasteiger partial charge in [-0.3, -0.25) is 0 Å². The molecule has 1 saturated heterocycles. The van der Waals surface area contributed by atoms with Gasteiger partial charge in [0.15, 0.2) is 0 Å². The molecule has 1 atom stereocenters. The van der Waals surface area contributed by atoms with E-state index in [9.17, 15) is 0 Å². The molecule has 1 fully saturated rings. The fourth-order valence-electron chi connectivity index (χ4n) is 2.48. The first-order valence-electron chi connectivity index (χ1n) is 5.02. The fourth-order valence-corrected chi connectivity index (χ4v) is 3.04. The largest absolute Gasteiger partial charge is 0.383 e. The number of nitrogens with one attached hydrogen (secondary N) is 1. The van der Waals surface area contributed by atoms with Crippen LogP contribution in [0.4, 0.5) is 5.69 Å². The van der Waals surface area contributed by atoms with Gasteiger partial charge in [0.25, 0.3) is 0 Å². The molecule has 0 saturated carbocycles. The summed E-state index contributed by atoms with van der Waals surface area (Å²) in [6, 6.07) is 3.79. The Kier molecular flexibility index (Phi) is 2.13. The topological polar surface area (TPSA) is 21.3 Å². The quantitative estimate of drug-likeness (QED) is 0.757. The number of halogens is 2. The summed E-state index contributed by atoms with van der Waals surface area (Å²) in [6.07, 6.45) is 1.05. The lowest BCUT2D eigenvalue weighted by molar-refractivity contribution is 0.181. The average Bonchev–Trinajstić information content (AvgIpc) is 2.77. The van der Waals surface area contributed by atoms with Crippen molar-refractivity contribution in [2.24, 2.45) is 0 Å². The number of hydrogen-bond acceptors (Lipinski definition) is 2. The molecule has 0 amide bonds. The van der Waals surface area contributed by atoms with Gasteiger partial charge >= 0.3 is 0 Å². The maximum absolute atomic E-state index is 6.15. The smallest absolute Gasteiger partial charge is 0.0655 e. The molecular weight excluding hydrogens is 233 g/mol. The van der Waals surface area contributed by atoms with Gasteiger partial charge in [-0.25, -0.2) is 0 Å². The van der Waals surface area contributed by atoms with Crippen molar-refractivity contribution in [3.8, 4) is 0 Å². The minimum Gasteiger partial charge on any atom is -0.383 e. The molecule has 0 aromatic heterocycles. The van der Waals surface area contributed by atoms with Gasteiger partial charge in [-0.15, -0.1) is 0 Å². The van der Waals surface area contributed by atoms with Crippen molar-refractivity contribution in [1.82, 2.24) is 0 Å². The van der Waals surface area contributed by atoms with E-state index in [1.54, 1.807) is 6.07 Å². The molecule has 1 spiro atoms. The normalized spacial score (nSPS) is 28.1. The van der Waals surface area contributed by atoms with Crippen molar-refractivity contribution in [3.05, 3.63) is 27.7 Å². The zero-order valence-electron chi connectivity index (χ0n) is 8.15. The van der Waals surface area contributed by atoms with Gasteiger partial charge in [0, 0.05) is 23.6 Å². The lowest BCUT2D eigenvalue weighted by Crippen LogP contribution is -2.28. The Morgan fingerprint density at radius 3 is 2.93 bits per heavy atom. The van der Waals surface area contributed by atoms with Crippen molar-refractivity contribution in [2.75, 3.05) is 25.1 Å². The predicted molar refractivity (Wildman–Crippen MR) is 62.1 cm³/mol. The molecule has 1 aromatic carbocycles. The molecule has 0 bridgehead atoms. The van der Waals surface area contributed by atoms with Crippen molar-refractivity contribution >= 4 is 28.9 Å². The van der Waals surface area contributed by atoms with E-state index >= 15 is 0 Å². The number of hydrogen-bond donors (Lipinski definition) is 1. The van der Waals surface area contributed by atoms with Crippen molar-refractivity contribution in [3.63, 3.8) is 0 Å². The van der Waals surface area contributed by atoms with E-state index in [4.69, 9.17) is 27.9 Å². The van der Waals surface area contributed by atoms with E-state index in [0.717, 1.165) is 31.9 Å².